The highest BCUT2D eigenvalue weighted by molar-refractivity contribution is 5.92. The molecule has 25 heavy (non-hydrogen) atoms. The lowest BCUT2D eigenvalue weighted by Crippen LogP contribution is -2.51. The van der Waals surface area contributed by atoms with Crippen molar-refractivity contribution in [2.45, 2.75) is 50.7 Å². The molecule has 2 fully saturated rings. The fraction of sp³-hybridized carbons (Fsp3) is 0.471. The molecule has 130 valence electrons. The van der Waals surface area contributed by atoms with Gasteiger partial charge >= 0.3 is 0 Å². The Morgan fingerprint density at radius 2 is 1.92 bits per heavy atom. The molecule has 2 bridgehead atoms. The minimum atomic E-state index is -0.407. The van der Waals surface area contributed by atoms with E-state index in [9.17, 15) is 9.59 Å². The molecular weight excluding hydrogens is 320 g/mol. The van der Waals surface area contributed by atoms with Gasteiger partial charge in [-0.15, -0.1) is 0 Å². The Bertz CT molecular complexity index is 823. The first-order valence-electron chi connectivity index (χ1n) is 8.54. The molecule has 2 aliphatic heterocycles. The number of aromatic nitrogens is 4. The van der Waals surface area contributed by atoms with E-state index < -0.39 is 5.91 Å². The third kappa shape index (κ3) is 2.99. The van der Waals surface area contributed by atoms with Crippen molar-refractivity contribution in [2.75, 3.05) is 4.90 Å². The number of rotatable bonds is 3. The van der Waals surface area contributed by atoms with E-state index in [4.69, 9.17) is 0 Å². The second-order valence-corrected chi connectivity index (χ2v) is 6.75. The van der Waals surface area contributed by atoms with Crippen LogP contribution in [0.5, 0.6) is 0 Å². The first-order valence-corrected chi connectivity index (χ1v) is 8.54. The highest BCUT2D eigenvalue weighted by atomic mass is 16.2. The molecule has 0 aromatic carbocycles. The lowest BCUT2D eigenvalue weighted by Gasteiger charge is -2.39. The van der Waals surface area contributed by atoms with Gasteiger partial charge in [-0.2, -0.15) is 5.10 Å². The lowest BCUT2D eigenvalue weighted by molar-refractivity contribution is 0.0919. The van der Waals surface area contributed by atoms with Crippen LogP contribution in [0.4, 0.5) is 5.95 Å². The Hall–Kier alpha value is -2.77. The van der Waals surface area contributed by atoms with Crippen LogP contribution in [-0.2, 0) is 0 Å². The van der Waals surface area contributed by atoms with Crippen molar-refractivity contribution >= 4 is 11.9 Å². The molecular formula is C17H20N6O2. The average molecular weight is 340 g/mol. The van der Waals surface area contributed by atoms with Crippen LogP contribution < -0.4 is 15.6 Å². The molecule has 2 N–H and O–H groups in total. The van der Waals surface area contributed by atoms with Crippen LogP contribution in [0.1, 0.15) is 41.9 Å². The van der Waals surface area contributed by atoms with Crippen LogP contribution in [-0.4, -0.2) is 44.2 Å². The molecule has 2 aliphatic rings. The third-order valence-electron chi connectivity index (χ3n) is 4.99. The van der Waals surface area contributed by atoms with E-state index in [1.165, 1.54) is 6.07 Å². The Kier molecular flexibility index (Phi) is 3.95. The van der Waals surface area contributed by atoms with E-state index in [1.807, 2.05) is 6.07 Å². The Morgan fingerprint density at radius 3 is 2.56 bits per heavy atom. The van der Waals surface area contributed by atoms with Crippen molar-refractivity contribution in [1.82, 2.24) is 25.5 Å². The number of piperidine rings is 1. The van der Waals surface area contributed by atoms with E-state index in [0.717, 1.165) is 31.6 Å². The second-order valence-electron chi connectivity index (χ2n) is 6.75. The van der Waals surface area contributed by atoms with Crippen molar-refractivity contribution in [3.63, 3.8) is 0 Å². The fourth-order valence-electron chi connectivity index (χ4n) is 3.96. The quantitative estimate of drug-likeness (QED) is 0.856. The van der Waals surface area contributed by atoms with Crippen LogP contribution in [0.2, 0.25) is 0 Å². The SMILES string of the molecule is Cc1cc(=O)c(C(=O)NC2CC3CCC(C2)N3c2ncccn2)n[nH]1. The zero-order chi connectivity index (χ0) is 17.4. The summed E-state index contributed by atoms with van der Waals surface area (Å²) in [6.45, 7) is 1.73. The number of carbonyl (C=O) groups is 1. The summed E-state index contributed by atoms with van der Waals surface area (Å²) in [4.78, 5) is 35.3. The maximum absolute atomic E-state index is 12.4. The summed E-state index contributed by atoms with van der Waals surface area (Å²) in [7, 11) is 0. The Balaban J connectivity index is 1.46. The molecule has 2 aromatic rings. The van der Waals surface area contributed by atoms with Crippen LogP contribution in [0, 0.1) is 6.92 Å². The van der Waals surface area contributed by atoms with Gasteiger partial charge in [0.15, 0.2) is 5.69 Å². The zero-order valence-corrected chi connectivity index (χ0v) is 14.0. The van der Waals surface area contributed by atoms with E-state index in [-0.39, 0.29) is 17.2 Å². The molecule has 0 saturated carbocycles. The molecule has 8 heteroatoms. The van der Waals surface area contributed by atoms with Gasteiger partial charge in [-0.25, -0.2) is 9.97 Å². The maximum atomic E-state index is 12.4. The van der Waals surface area contributed by atoms with Gasteiger partial charge in [-0.1, -0.05) is 0 Å². The van der Waals surface area contributed by atoms with Crippen LogP contribution in [0.3, 0.4) is 0 Å². The third-order valence-corrected chi connectivity index (χ3v) is 4.99. The first-order chi connectivity index (χ1) is 12.1. The van der Waals surface area contributed by atoms with Crippen molar-refractivity contribution in [3.05, 3.63) is 46.1 Å². The van der Waals surface area contributed by atoms with E-state index in [0.29, 0.717) is 17.8 Å². The summed E-state index contributed by atoms with van der Waals surface area (Å²) in [6.07, 6.45) is 7.29. The molecule has 2 saturated heterocycles. The summed E-state index contributed by atoms with van der Waals surface area (Å²) in [5.74, 6) is 0.353. The van der Waals surface area contributed by atoms with Gasteiger partial charge in [0.05, 0.1) is 0 Å². The number of nitrogens with zero attached hydrogens (tertiary/aromatic N) is 4. The minimum absolute atomic E-state index is 0.0347. The van der Waals surface area contributed by atoms with Gasteiger partial charge in [-0.3, -0.25) is 14.7 Å². The highest BCUT2D eigenvalue weighted by Crippen LogP contribution is 2.37. The lowest BCUT2D eigenvalue weighted by atomic mass is 9.97. The van der Waals surface area contributed by atoms with Crippen molar-refractivity contribution in [1.29, 1.82) is 0 Å². The normalized spacial score (nSPS) is 25.0. The summed E-state index contributed by atoms with van der Waals surface area (Å²) < 4.78 is 0. The van der Waals surface area contributed by atoms with Crippen LogP contribution >= 0.6 is 0 Å². The van der Waals surface area contributed by atoms with Gasteiger partial charge in [0.2, 0.25) is 11.4 Å². The molecule has 0 radical (unpaired) electrons. The number of nitrogens with one attached hydrogen (secondary N) is 2. The molecule has 0 aliphatic carbocycles. The van der Waals surface area contributed by atoms with Crippen LogP contribution in [0.25, 0.3) is 0 Å². The van der Waals surface area contributed by atoms with E-state index in [1.54, 1.807) is 19.3 Å². The maximum Gasteiger partial charge on any atom is 0.276 e. The van der Waals surface area contributed by atoms with Crippen molar-refractivity contribution < 1.29 is 4.79 Å². The molecule has 4 heterocycles. The Labute approximate surface area is 144 Å². The van der Waals surface area contributed by atoms with Gasteiger partial charge in [0.1, 0.15) is 0 Å². The number of H-pyrrole nitrogens is 1. The minimum Gasteiger partial charge on any atom is -0.348 e. The number of anilines is 1. The predicted molar refractivity (Wildman–Crippen MR) is 91.4 cm³/mol. The van der Waals surface area contributed by atoms with Gasteiger partial charge in [-0.05, 0) is 38.7 Å². The molecule has 4 rings (SSSR count). The number of fused-ring (bicyclic) bond motifs is 2. The Morgan fingerprint density at radius 1 is 1.24 bits per heavy atom. The van der Waals surface area contributed by atoms with Crippen LogP contribution in [0.15, 0.2) is 29.3 Å². The molecule has 2 aromatic heterocycles. The fourth-order valence-corrected chi connectivity index (χ4v) is 3.96. The summed E-state index contributed by atoms with van der Waals surface area (Å²) in [5, 5.41) is 9.54. The van der Waals surface area contributed by atoms with Gasteiger partial charge in [0, 0.05) is 42.3 Å². The number of aryl methyl sites for hydroxylation is 1. The van der Waals surface area contributed by atoms with E-state index in [2.05, 4.69) is 30.4 Å². The summed E-state index contributed by atoms with van der Waals surface area (Å²) in [5.41, 5.74) is 0.203. The number of aromatic amines is 1. The standard InChI is InChI=1S/C17H20N6O2/c1-10-7-14(24)15(22-21-10)16(25)20-11-8-12-3-4-13(9-11)23(12)17-18-5-2-6-19-17/h2,5-7,11-13H,3-4,8-9H2,1H3,(H,20,25)(H,21,24). The summed E-state index contributed by atoms with van der Waals surface area (Å²) in [6, 6.07) is 3.87. The smallest absolute Gasteiger partial charge is 0.276 e. The predicted octanol–water partition coefficient (Wildman–Crippen LogP) is 0.798. The first kappa shape index (κ1) is 15.7. The topological polar surface area (TPSA) is 104 Å². The van der Waals surface area contributed by atoms with Crippen molar-refractivity contribution in [3.8, 4) is 0 Å². The van der Waals surface area contributed by atoms with Crippen molar-refractivity contribution in [2.24, 2.45) is 0 Å². The number of amides is 1. The molecule has 8 nitrogen and oxygen atoms in total. The zero-order valence-electron chi connectivity index (χ0n) is 14.0. The number of carbonyl (C=O) groups excluding carboxylic acids is 1. The molecule has 2 atom stereocenters. The monoisotopic (exact) mass is 340 g/mol. The van der Waals surface area contributed by atoms with E-state index >= 15 is 0 Å². The second kappa shape index (κ2) is 6.27. The molecule has 1 amide bonds. The number of hydrogen-bond donors (Lipinski definition) is 2. The average Bonchev–Trinajstić information content (AvgIpc) is 2.86. The number of hydrogen-bond acceptors (Lipinski definition) is 6. The largest absolute Gasteiger partial charge is 0.348 e. The van der Waals surface area contributed by atoms with Gasteiger partial charge < -0.3 is 10.2 Å². The molecule has 0 spiro atoms. The summed E-state index contributed by atoms with van der Waals surface area (Å²) >= 11 is 0. The van der Waals surface area contributed by atoms with Gasteiger partial charge in [0.25, 0.3) is 5.91 Å². The molecule has 2 unspecified atom stereocenters. The highest BCUT2D eigenvalue weighted by Gasteiger charge is 2.42.